The predicted molar refractivity (Wildman–Crippen MR) is 121 cm³/mol. The van der Waals surface area contributed by atoms with Crippen molar-refractivity contribution in [1.29, 1.82) is 0 Å². The van der Waals surface area contributed by atoms with Gasteiger partial charge < -0.3 is 10.1 Å². The van der Waals surface area contributed by atoms with Crippen molar-refractivity contribution in [3.05, 3.63) is 70.3 Å². The van der Waals surface area contributed by atoms with Gasteiger partial charge in [-0.3, -0.25) is 4.90 Å². The van der Waals surface area contributed by atoms with E-state index in [9.17, 15) is 26.3 Å². The van der Waals surface area contributed by atoms with Gasteiger partial charge in [0.05, 0.1) is 29.4 Å². The molecule has 1 N–H and O–H groups in total. The third-order valence-electron chi connectivity index (χ3n) is 7.24. The summed E-state index contributed by atoms with van der Waals surface area (Å²) in [5.41, 5.74) is -1.31. The van der Waals surface area contributed by atoms with Crippen LogP contribution in [-0.2, 0) is 22.6 Å². The van der Waals surface area contributed by atoms with Gasteiger partial charge in [-0.2, -0.15) is 26.3 Å². The van der Waals surface area contributed by atoms with Crippen molar-refractivity contribution in [2.45, 2.75) is 63.1 Å². The number of halogens is 6. The van der Waals surface area contributed by atoms with Gasteiger partial charge in [0.1, 0.15) is 0 Å². The molecule has 0 spiro atoms. The van der Waals surface area contributed by atoms with Gasteiger partial charge in [-0.05, 0) is 81.1 Å². The lowest BCUT2D eigenvalue weighted by Crippen LogP contribution is -2.42. The number of nitrogens with zero attached hydrogens (tertiary/aromatic N) is 1. The Kier molecular flexibility index (Phi) is 7.23. The van der Waals surface area contributed by atoms with Crippen LogP contribution in [0.4, 0.5) is 26.3 Å². The summed E-state index contributed by atoms with van der Waals surface area (Å²) in [5.74, 6) is 0. The highest BCUT2D eigenvalue weighted by Gasteiger charge is 2.44. The highest BCUT2D eigenvalue weighted by Crippen LogP contribution is 2.40. The van der Waals surface area contributed by atoms with Gasteiger partial charge in [-0.25, -0.2) is 0 Å². The van der Waals surface area contributed by atoms with Gasteiger partial charge in [-0.1, -0.05) is 24.3 Å². The number of alkyl halides is 6. The first kappa shape index (κ1) is 26.0. The van der Waals surface area contributed by atoms with Crippen LogP contribution in [0.5, 0.6) is 0 Å². The van der Waals surface area contributed by atoms with Crippen molar-refractivity contribution in [3.63, 3.8) is 0 Å². The molecule has 2 aromatic rings. The molecule has 2 saturated heterocycles. The molecule has 2 aliphatic rings. The molecule has 2 aromatic carbocycles. The molecule has 0 aliphatic carbocycles. The van der Waals surface area contributed by atoms with E-state index in [2.05, 4.69) is 10.2 Å². The van der Waals surface area contributed by atoms with Crippen LogP contribution in [0.3, 0.4) is 0 Å². The molecule has 192 valence electrons. The van der Waals surface area contributed by atoms with Gasteiger partial charge in [0.25, 0.3) is 0 Å². The second-order valence-electron chi connectivity index (χ2n) is 9.67. The molecular weight excluding hydrogens is 470 g/mol. The quantitative estimate of drug-likeness (QED) is 0.461. The SMILES string of the molecule is Cc1ccccc1[C@]1(CO[C@H](C)c2cc(C(F)(F)F)cc(C(F)(F)F)c2)C[C@H](N2CCCC2)CN1. The summed E-state index contributed by atoms with van der Waals surface area (Å²) in [6, 6.07) is 9.80. The number of ether oxygens (including phenoxy) is 1. The molecular formula is C26H30F6N2O. The highest BCUT2D eigenvalue weighted by atomic mass is 19.4. The molecule has 0 aromatic heterocycles. The monoisotopic (exact) mass is 500 g/mol. The number of rotatable bonds is 6. The Morgan fingerprint density at radius 3 is 2.17 bits per heavy atom. The Morgan fingerprint density at radius 1 is 1.00 bits per heavy atom. The molecule has 2 fully saturated rings. The van der Waals surface area contributed by atoms with E-state index < -0.39 is 35.1 Å². The summed E-state index contributed by atoms with van der Waals surface area (Å²) in [5, 5.41) is 3.61. The first-order valence-electron chi connectivity index (χ1n) is 11.9. The molecule has 0 unspecified atom stereocenters. The molecule has 9 heteroatoms. The topological polar surface area (TPSA) is 24.5 Å². The fraction of sp³-hybridized carbons (Fsp3) is 0.538. The predicted octanol–water partition coefficient (Wildman–Crippen LogP) is 6.46. The van der Waals surface area contributed by atoms with Crippen molar-refractivity contribution in [2.24, 2.45) is 0 Å². The highest BCUT2D eigenvalue weighted by molar-refractivity contribution is 5.36. The second-order valence-corrected chi connectivity index (χ2v) is 9.67. The van der Waals surface area contributed by atoms with E-state index in [0.29, 0.717) is 6.04 Å². The summed E-state index contributed by atoms with van der Waals surface area (Å²) in [4.78, 5) is 2.44. The van der Waals surface area contributed by atoms with Crippen LogP contribution < -0.4 is 5.32 Å². The van der Waals surface area contributed by atoms with E-state index in [0.717, 1.165) is 62.2 Å². The van der Waals surface area contributed by atoms with Crippen LogP contribution in [0.15, 0.2) is 42.5 Å². The van der Waals surface area contributed by atoms with Crippen LogP contribution in [-0.4, -0.2) is 37.2 Å². The molecule has 2 heterocycles. The first-order valence-corrected chi connectivity index (χ1v) is 11.9. The van der Waals surface area contributed by atoms with Crippen LogP contribution >= 0.6 is 0 Å². The third-order valence-corrected chi connectivity index (χ3v) is 7.24. The van der Waals surface area contributed by atoms with Gasteiger partial charge in [-0.15, -0.1) is 0 Å². The fourth-order valence-corrected chi connectivity index (χ4v) is 5.30. The summed E-state index contributed by atoms with van der Waals surface area (Å²) < 4.78 is 86.0. The summed E-state index contributed by atoms with van der Waals surface area (Å²) >= 11 is 0. The van der Waals surface area contributed by atoms with E-state index in [-0.39, 0.29) is 18.2 Å². The van der Waals surface area contributed by atoms with Gasteiger partial charge in [0.2, 0.25) is 0 Å². The normalized spacial score (nSPS) is 24.7. The number of nitrogens with one attached hydrogen (secondary N) is 1. The van der Waals surface area contributed by atoms with Crippen molar-refractivity contribution < 1.29 is 31.1 Å². The fourth-order valence-electron chi connectivity index (χ4n) is 5.30. The van der Waals surface area contributed by atoms with E-state index in [4.69, 9.17) is 4.74 Å². The lowest BCUT2D eigenvalue weighted by Gasteiger charge is -2.34. The smallest absolute Gasteiger partial charge is 0.372 e. The van der Waals surface area contributed by atoms with Crippen LogP contribution in [0.25, 0.3) is 0 Å². The van der Waals surface area contributed by atoms with Crippen molar-refractivity contribution >= 4 is 0 Å². The summed E-state index contributed by atoms with van der Waals surface area (Å²) in [6.07, 6.45) is -7.70. The lowest BCUT2D eigenvalue weighted by molar-refractivity contribution is -0.143. The molecule has 35 heavy (non-hydrogen) atoms. The maximum atomic E-state index is 13.3. The number of hydrogen-bond acceptors (Lipinski definition) is 3. The molecule has 0 amide bonds. The van der Waals surface area contributed by atoms with Gasteiger partial charge >= 0.3 is 12.4 Å². The molecule has 3 atom stereocenters. The second kappa shape index (κ2) is 9.75. The van der Waals surface area contributed by atoms with E-state index in [1.165, 1.54) is 6.92 Å². The summed E-state index contributed by atoms with van der Waals surface area (Å²) in [7, 11) is 0. The maximum absolute atomic E-state index is 13.3. The van der Waals surface area contributed by atoms with Crippen molar-refractivity contribution in [2.75, 3.05) is 26.2 Å². The molecule has 3 nitrogen and oxygen atoms in total. The number of likely N-dealkylation sites (tertiary alicyclic amines) is 1. The Labute approximate surface area is 201 Å². The molecule has 0 saturated carbocycles. The van der Waals surface area contributed by atoms with E-state index >= 15 is 0 Å². The van der Waals surface area contributed by atoms with E-state index in [1.54, 1.807) is 0 Å². The standard InChI is InChI=1S/C26H30F6N2O/c1-17-7-3-4-8-23(17)24(14-22(15-33-24)34-9-5-6-10-34)16-35-18(2)19-11-20(25(27,28)29)13-21(12-19)26(30,31)32/h3-4,7-8,11-13,18,22,33H,5-6,9-10,14-16H2,1-2H3/t18-,22+,24-/m1/s1. The Balaban J connectivity index is 1.60. The van der Waals surface area contributed by atoms with Crippen molar-refractivity contribution in [1.82, 2.24) is 10.2 Å². The Hall–Kier alpha value is -2.10. The number of hydrogen-bond donors (Lipinski definition) is 1. The van der Waals surface area contributed by atoms with Crippen LogP contribution in [0, 0.1) is 6.92 Å². The molecule has 4 rings (SSSR count). The van der Waals surface area contributed by atoms with Crippen LogP contribution in [0.2, 0.25) is 0 Å². The Bertz CT molecular complexity index is 999. The first-order chi connectivity index (χ1) is 16.4. The molecule has 0 radical (unpaired) electrons. The minimum Gasteiger partial charge on any atom is -0.372 e. The minimum absolute atomic E-state index is 0.126. The number of benzene rings is 2. The van der Waals surface area contributed by atoms with Gasteiger partial charge in [0, 0.05) is 12.6 Å². The van der Waals surface area contributed by atoms with Crippen molar-refractivity contribution in [3.8, 4) is 0 Å². The largest absolute Gasteiger partial charge is 0.416 e. The number of aryl methyl sites for hydroxylation is 1. The van der Waals surface area contributed by atoms with E-state index in [1.807, 2.05) is 31.2 Å². The lowest BCUT2D eigenvalue weighted by atomic mass is 9.85. The average Bonchev–Trinajstić information content (AvgIpc) is 3.47. The van der Waals surface area contributed by atoms with Gasteiger partial charge in [0.15, 0.2) is 0 Å². The minimum atomic E-state index is -4.89. The zero-order valence-corrected chi connectivity index (χ0v) is 19.8. The third kappa shape index (κ3) is 5.67. The molecule has 0 bridgehead atoms. The Morgan fingerprint density at radius 2 is 1.60 bits per heavy atom. The maximum Gasteiger partial charge on any atom is 0.416 e. The average molecular weight is 501 g/mol. The van der Waals surface area contributed by atoms with Crippen LogP contribution in [0.1, 0.15) is 60.1 Å². The summed E-state index contributed by atoms with van der Waals surface area (Å²) in [6.45, 7) is 6.41. The zero-order chi connectivity index (χ0) is 25.4. The molecule has 2 aliphatic heterocycles. The zero-order valence-electron chi connectivity index (χ0n) is 19.8.